The molecule has 1 fully saturated rings. The molecule has 1 aliphatic heterocycles. The van der Waals surface area contributed by atoms with Gasteiger partial charge in [-0.25, -0.2) is 0 Å². The lowest BCUT2D eigenvalue weighted by atomic mass is 9.95. The highest BCUT2D eigenvalue weighted by atomic mass is 35.5. The second-order valence-corrected chi connectivity index (χ2v) is 7.12. The second kappa shape index (κ2) is 7.28. The number of benzene rings is 2. The van der Waals surface area contributed by atoms with Gasteiger partial charge >= 0.3 is 5.97 Å². The fourth-order valence-corrected chi connectivity index (χ4v) is 4.37. The van der Waals surface area contributed by atoms with Crippen LogP contribution in [0, 0.1) is 11.8 Å². The fraction of sp³-hybridized carbons (Fsp3) is 0.222. The molecule has 0 aliphatic carbocycles. The average molecular weight is 362 g/mol. The van der Waals surface area contributed by atoms with Crippen molar-refractivity contribution >= 4 is 40.9 Å². The van der Waals surface area contributed by atoms with Crippen molar-refractivity contribution in [3.8, 4) is 11.1 Å². The Balaban J connectivity index is 1.71. The summed E-state index contributed by atoms with van der Waals surface area (Å²) >= 11 is 7.69. The fourth-order valence-electron chi connectivity index (χ4n) is 2.72. The largest absolute Gasteiger partial charge is 0.481 e. The van der Waals surface area contributed by atoms with Crippen LogP contribution in [-0.2, 0) is 9.59 Å². The van der Waals surface area contributed by atoms with Gasteiger partial charge in [-0.1, -0.05) is 41.9 Å². The second-order valence-electron chi connectivity index (χ2n) is 5.64. The van der Waals surface area contributed by atoms with Gasteiger partial charge in [0.15, 0.2) is 0 Å². The molecule has 1 saturated heterocycles. The van der Waals surface area contributed by atoms with Crippen LogP contribution in [0.15, 0.2) is 48.5 Å². The van der Waals surface area contributed by atoms with Gasteiger partial charge < -0.3 is 10.4 Å². The smallest absolute Gasteiger partial charge is 0.308 e. The number of carbonyl (C=O) groups excluding carboxylic acids is 1. The Kier molecular flexibility index (Phi) is 5.11. The zero-order valence-electron chi connectivity index (χ0n) is 12.7. The van der Waals surface area contributed by atoms with E-state index in [0.717, 1.165) is 11.1 Å². The number of thioether (sulfide) groups is 1. The van der Waals surface area contributed by atoms with E-state index in [-0.39, 0.29) is 5.91 Å². The lowest BCUT2D eigenvalue weighted by molar-refractivity contribution is -0.144. The maximum atomic E-state index is 12.3. The molecule has 0 radical (unpaired) electrons. The van der Waals surface area contributed by atoms with E-state index < -0.39 is 17.8 Å². The Morgan fingerprint density at radius 1 is 1.04 bits per heavy atom. The SMILES string of the molecule is O=C(O)C1CSCC1C(=O)Nc1ccc(-c2ccccc2Cl)cc1. The number of hydrogen-bond donors (Lipinski definition) is 2. The summed E-state index contributed by atoms with van der Waals surface area (Å²) in [6.07, 6.45) is 0. The molecular weight excluding hydrogens is 346 g/mol. The zero-order valence-corrected chi connectivity index (χ0v) is 14.3. The Hall–Kier alpha value is -1.98. The van der Waals surface area contributed by atoms with Crippen LogP contribution in [0.3, 0.4) is 0 Å². The summed E-state index contributed by atoms with van der Waals surface area (Å²) in [4.78, 5) is 23.5. The minimum atomic E-state index is -0.908. The van der Waals surface area contributed by atoms with E-state index in [1.54, 1.807) is 12.1 Å². The summed E-state index contributed by atoms with van der Waals surface area (Å²) in [5.41, 5.74) is 2.53. The Morgan fingerprint density at radius 3 is 2.38 bits per heavy atom. The van der Waals surface area contributed by atoms with Crippen molar-refractivity contribution in [2.24, 2.45) is 11.8 Å². The van der Waals surface area contributed by atoms with E-state index in [1.165, 1.54) is 11.8 Å². The minimum absolute atomic E-state index is 0.238. The molecule has 124 valence electrons. The number of rotatable bonds is 4. The van der Waals surface area contributed by atoms with Crippen molar-refractivity contribution in [1.29, 1.82) is 0 Å². The van der Waals surface area contributed by atoms with E-state index in [1.807, 2.05) is 36.4 Å². The monoisotopic (exact) mass is 361 g/mol. The summed E-state index contributed by atoms with van der Waals surface area (Å²) in [7, 11) is 0. The van der Waals surface area contributed by atoms with Crippen molar-refractivity contribution in [2.45, 2.75) is 0 Å². The molecule has 0 aromatic heterocycles. The average Bonchev–Trinajstić information content (AvgIpc) is 3.06. The van der Waals surface area contributed by atoms with E-state index in [2.05, 4.69) is 5.32 Å². The van der Waals surface area contributed by atoms with Gasteiger partial charge in [0.1, 0.15) is 0 Å². The molecule has 1 aliphatic rings. The van der Waals surface area contributed by atoms with Crippen molar-refractivity contribution in [2.75, 3.05) is 16.8 Å². The van der Waals surface area contributed by atoms with E-state index >= 15 is 0 Å². The normalized spacial score (nSPS) is 19.9. The molecule has 0 saturated carbocycles. The molecule has 3 rings (SSSR count). The van der Waals surface area contributed by atoms with Crippen molar-refractivity contribution in [3.63, 3.8) is 0 Å². The maximum Gasteiger partial charge on any atom is 0.308 e. The lowest BCUT2D eigenvalue weighted by Crippen LogP contribution is -2.32. The molecule has 2 aromatic rings. The molecule has 2 atom stereocenters. The molecular formula is C18H16ClNO3S. The molecule has 6 heteroatoms. The van der Waals surface area contributed by atoms with Crippen molar-refractivity contribution in [3.05, 3.63) is 53.6 Å². The van der Waals surface area contributed by atoms with E-state index in [0.29, 0.717) is 22.2 Å². The lowest BCUT2D eigenvalue weighted by Gasteiger charge is -2.15. The number of aliphatic carboxylic acids is 1. The molecule has 0 spiro atoms. The summed E-state index contributed by atoms with van der Waals surface area (Å²) in [5, 5.41) is 12.7. The Bertz CT molecular complexity index is 763. The first-order chi connectivity index (χ1) is 11.6. The number of halogens is 1. The standard InChI is InChI=1S/C18H16ClNO3S/c19-16-4-2-1-3-13(16)11-5-7-12(8-6-11)20-17(21)14-9-24-10-15(14)18(22)23/h1-8,14-15H,9-10H2,(H,20,21)(H,22,23). The molecule has 0 bridgehead atoms. The Morgan fingerprint density at radius 2 is 1.71 bits per heavy atom. The topological polar surface area (TPSA) is 66.4 Å². The predicted molar refractivity (Wildman–Crippen MR) is 97.5 cm³/mol. The number of hydrogen-bond acceptors (Lipinski definition) is 3. The summed E-state index contributed by atoms with van der Waals surface area (Å²) in [5.74, 6) is -1.22. The first kappa shape index (κ1) is 16.9. The predicted octanol–water partition coefficient (Wildman–Crippen LogP) is 4.01. The van der Waals surface area contributed by atoms with Crippen molar-refractivity contribution in [1.82, 2.24) is 0 Å². The van der Waals surface area contributed by atoms with Crippen LogP contribution in [-0.4, -0.2) is 28.5 Å². The van der Waals surface area contributed by atoms with Gasteiger partial charge in [-0.15, -0.1) is 0 Å². The maximum absolute atomic E-state index is 12.3. The minimum Gasteiger partial charge on any atom is -0.481 e. The van der Waals surface area contributed by atoms with E-state index in [9.17, 15) is 14.7 Å². The summed E-state index contributed by atoms with van der Waals surface area (Å²) in [6, 6.07) is 14.9. The molecule has 1 amide bonds. The molecule has 2 aromatic carbocycles. The van der Waals surface area contributed by atoms with Gasteiger partial charge in [-0.2, -0.15) is 11.8 Å². The van der Waals surface area contributed by atoms with Gasteiger partial charge in [-0.05, 0) is 23.8 Å². The van der Waals surface area contributed by atoms with Gasteiger partial charge in [0.25, 0.3) is 0 Å². The third-order valence-corrected chi connectivity index (χ3v) is 5.59. The quantitative estimate of drug-likeness (QED) is 0.863. The highest BCUT2D eigenvalue weighted by molar-refractivity contribution is 7.99. The van der Waals surface area contributed by atoms with Crippen LogP contribution in [0.1, 0.15) is 0 Å². The molecule has 2 unspecified atom stereocenters. The zero-order chi connectivity index (χ0) is 17.1. The number of anilines is 1. The van der Waals surface area contributed by atoms with Crippen LogP contribution in [0.2, 0.25) is 5.02 Å². The van der Waals surface area contributed by atoms with Crippen LogP contribution < -0.4 is 5.32 Å². The number of carboxylic acid groups (broad SMARTS) is 1. The highest BCUT2D eigenvalue weighted by Crippen LogP contribution is 2.32. The van der Waals surface area contributed by atoms with Gasteiger partial charge in [0.05, 0.1) is 11.8 Å². The number of carboxylic acids is 1. The van der Waals surface area contributed by atoms with Gasteiger partial charge in [-0.3, -0.25) is 9.59 Å². The van der Waals surface area contributed by atoms with Gasteiger partial charge in [0.2, 0.25) is 5.91 Å². The third-order valence-electron chi connectivity index (χ3n) is 4.07. The first-order valence-corrected chi connectivity index (χ1v) is 9.06. The van der Waals surface area contributed by atoms with Crippen LogP contribution in [0.5, 0.6) is 0 Å². The first-order valence-electron chi connectivity index (χ1n) is 7.52. The molecule has 4 nitrogen and oxygen atoms in total. The third kappa shape index (κ3) is 3.57. The van der Waals surface area contributed by atoms with Crippen LogP contribution >= 0.6 is 23.4 Å². The summed E-state index contributed by atoms with van der Waals surface area (Å²) < 4.78 is 0. The van der Waals surface area contributed by atoms with Crippen LogP contribution in [0.4, 0.5) is 5.69 Å². The highest BCUT2D eigenvalue weighted by Gasteiger charge is 2.38. The van der Waals surface area contributed by atoms with Crippen molar-refractivity contribution < 1.29 is 14.7 Å². The molecule has 1 heterocycles. The number of carbonyl (C=O) groups is 2. The Labute approximate surface area is 149 Å². The molecule has 24 heavy (non-hydrogen) atoms. The summed E-state index contributed by atoms with van der Waals surface area (Å²) in [6.45, 7) is 0. The van der Waals surface area contributed by atoms with E-state index in [4.69, 9.17) is 11.6 Å². The van der Waals surface area contributed by atoms with Gasteiger partial charge in [0, 0.05) is 27.8 Å². The number of amides is 1. The molecule has 2 N–H and O–H groups in total. The number of nitrogens with one attached hydrogen (secondary N) is 1. The van der Waals surface area contributed by atoms with Crippen LogP contribution in [0.25, 0.3) is 11.1 Å².